The zero-order valence-electron chi connectivity index (χ0n) is 10.1. The minimum Gasteiger partial charge on any atom is -0.383 e. The zero-order chi connectivity index (χ0) is 11.2. The third-order valence-electron chi connectivity index (χ3n) is 2.96. The molecule has 0 radical (unpaired) electrons. The monoisotopic (exact) mass is 261 g/mol. The number of nitrogens with one attached hydrogen (secondary N) is 1. The van der Waals surface area contributed by atoms with Gasteiger partial charge in [0.15, 0.2) is 5.82 Å². The average molecular weight is 262 g/mol. The van der Waals surface area contributed by atoms with Gasteiger partial charge < -0.3 is 14.6 Å². The molecule has 0 atom stereocenters. The van der Waals surface area contributed by atoms with E-state index in [2.05, 4.69) is 15.5 Å². The van der Waals surface area contributed by atoms with Gasteiger partial charge in [-0.05, 0) is 12.8 Å². The van der Waals surface area contributed by atoms with Gasteiger partial charge in [0.05, 0.1) is 13.2 Å². The second-order valence-corrected chi connectivity index (χ2v) is 4.20. The maximum absolute atomic E-state index is 5.19. The third-order valence-corrected chi connectivity index (χ3v) is 2.96. The fraction of sp³-hybridized carbons (Fsp3) is 0.818. The van der Waals surface area contributed by atoms with Crippen molar-refractivity contribution in [1.82, 2.24) is 15.5 Å². The van der Waals surface area contributed by atoms with Crippen LogP contribution in [-0.2, 0) is 11.3 Å². The van der Waals surface area contributed by atoms with Crippen LogP contribution in [0.5, 0.6) is 0 Å². The molecule has 1 heterocycles. The number of rotatable bonds is 6. The summed E-state index contributed by atoms with van der Waals surface area (Å²) in [4.78, 5) is 4.41. The Kier molecular flexibility index (Phi) is 6.47. The smallest absolute Gasteiger partial charge is 0.240 e. The lowest BCUT2D eigenvalue weighted by atomic mass is 10.1. The molecule has 0 aliphatic heterocycles. The SMILES string of the molecule is COCCNCc1nc(C2CCCC2)no1.Cl. The van der Waals surface area contributed by atoms with Crippen molar-refractivity contribution in [3.8, 4) is 0 Å². The number of ether oxygens (including phenoxy) is 1. The van der Waals surface area contributed by atoms with Crippen LogP contribution in [0.4, 0.5) is 0 Å². The van der Waals surface area contributed by atoms with E-state index in [4.69, 9.17) is 9.26 Å². The minimum absolute atomic E-state index is 0. The van der Waals surface area contributed by atoms with E-state index in [0.717, 1.165) is 12.4 Å². The first-order chi connectivity index (χ1) is 7.90. The second kappa shape index (κ2) is 7.63. The molecule has 98 valence electrons. The maximum Gasteiger partial charge on any atom is 0.240 e. The van der Waals surface area contributed by atoms with E-state index in [1.165, 1.54) is 25.7 Å². The zero-order valence-corrected chi connectivity index (χ0v) is 11.0. The van der Waals surface area contributed by atoms with Gasteiger partial charge in [0, 0.05) is 19.6 Å². The van der Waals surface area contributed by atoms with Crippen LogP contribution < -0.4 is 5.32 Å². The number of aromatic nitrogens is 2. The van der Waals surface area contributed by atoms with Gasteiger partial charge in [-0.15, -0.1) is 12.4 Å². The van der Waals surface area contributed by atoms with Crippen molar-refractivity contribution >= 4 is 12.4 Å². The Morgan fingerprint density at radius 2 is 2.18 bits per heavy atom. The normalized spacial score (nSPS) is 16.1. The van der Waals surface area contributed by atoms with E-state index in [-0.39, 0.29) is 12.4 Å². The van der Waals surface area contributed by atoms with Gasteiger partial charge in [0.25, 0.3) is 0 Å². The molecule has 1 aliphatic rings. The van der Waals surface area contributed by atoms with Gasteiger partial charge in [-0.2, -0.15) is 4.98 Å². The highest BCUT2D eigenvalue weighted by molar-refractivity contribution is 5.85. The van der Waals surface area contributed by atoms with Crippen molar-refractivity contribution < 1.29 is 9.26 Å². The Hall–Kier alpha value is -0.650. The van der Waals surface area contributed by atoms with Gasteiger partial charge in [0.2, 0.25) is 5.89 Å². The van der Waals surface area contributed by atoms with Crippen LogP contribution in [0.1, 0.15) is 43.3 Å². The maximum atomic E-state index is 5.19. The summed E-state index contributed by atoms with van der Waals surface area (Å²) in [5, 5.41) is 7.22. The summed E-state index contributed by atoms with van der Waals surface area (Å²) in [6.07, 6.45) is 4.99. The lowest BCUT2D eigenvalue weighted by molar-refractivity contribution is 0.197. The molecule has 0 unspecified atom stereocenters. The lowest BCUT2D eigenvalue weighted by Crippen LogP contribution is -2.18. The summed E-state index contributed by atoms with van der Waals surface area (Å²) in [5.74, 6) is 2.09. The van der Waals surface area contributed by atoms with Crippen molar-refractivity contribution in [3.63, 3.8) is 0 Å². The number of hydrogen-bond donors (Lipinski definition) is 1. The molecule has 1 saturated carbocycles. The molecule has 2 rings (SSSR count). The lowest BCUT2D eigenvalue weighted by Gasteiger charge is -2.00. The van der Waals surface area contributed by atoms with Crippen LogP contribution in [0.2, 0.25) is 0 Å². The summed E-state index contributed by atoms with van der Waals surface area (Å²) in [5.41, 5.74) is 0. The molecule has 1 aromatic heterocycles. The van der Waals surface area contributed by atoms with Crippen molar-refractivity contribution in [1.29, 1.82) is 0 Å². The number of nitrogens with zero attached hydrogens (tertiary/aromatic N) is 2. The van der Waals surface area contributed by atoms with Gasteiger partial charge in [-0.25, -0.2) is 0 Å². The number of hydrogen-bond acceptors (Lipinski definition) is 5. The molecular formula is C11H20ClN3O2. The van der Waals surface area contributed by atoms with Crippen LogP contribution in [0, 0.1) is 0 Å². The van der Waals surface area contributed by atoms with E-state index in [9.17, 15) is 0 Å². The quantitative estimate of drug-likeness (QED) is 0.793. The van der Waals surface area contributed by atoms with Crippen molar-refractivity contribution in [2.45, 2.75) is 38.1 Å². The highest BCUT2D eigenvalue weighted by atomic mass is 35.5. The number of halogens is 1. The van der Waals surface area contributed by atoms with E-state index >= 15 is 0 Å². The van der Waals surface area contributed by atoms with Crippen LogP contribution in [-0.4, -0.2) is 30.4 Å². The highest BCUT2D eigenvalue weighted by Gasteiger charge is 2.21. The Morgan fingerprint density at radius 3 is 2.88 bits per heavy atom. The Bertz CT molecular complexity index is 313. The van der Waals surface area contributed by atoms with Gasteiger partial charge in [-0.3, -0.25) is 0 Å². The Morgan fingerprint density at radius 1 is 1.41 bits per heavy atom. The first-order valence-electron chi connectivity index (χ1n) is 5.92. The predicted molar refractivity (Wildman–Crippen MR) is 66.3 cm³/mol. The fourth-order valence-corrected chi connectivity index (χ4v) is 2.06. The van der Waals surface area contributed by atoms with Gasteiger partial charge >= 0.3 is 0 Å². The standard InChI is InChI=1S/C11H19N3O2.ClH/c1-15-7-6-12-8-10-13-11(14-16-10)9-4-2-3-5-9;/h9,12H,2-8H2,1H3;1H. The van der Waals surface area contributed by atoms with Crippen molar-refractivity contribution in [2.24, 2.45) is 0 Å². The summed E-state index contributed by atoms with van der Waals surface area (Å²) in [6.45, 7) is 2.13. The van der Waals surface area contributed by atoms with Gasteiger partial charge in [-0.1, -0.05) is 18.0 Å². The molecule has 0 aromatic carbocycles. The van der Waals surface area contributed by atoms with Crippen LogP contribution in [0.3, 0.4) is 0 Å². The summed E-state index contributed by atoms with van der Waals surface area (Å²) in [7, 11) is 1.69. The van der Waals surface area contributed by atoms with E-state index in [1.54, 1.807) is 7.11 Å². The van der Waals surface area contributed by atoms with Crippen molar-refractivity contribution in [3.05, 3.63) is 11.7 Å². The largest absolute Gasteiger partial charge is 0.383 e. The molecule has 1 fully saturated rings. The van der Waals surface area contributed by atoms with E-state index in [1.807, 2.05) is 0 Å². The molecule has 5 nitrogen and oxygen atoms in total. The Balaban J connectivity index is 0.00000144. The predicted octanol–water partition coefficient (Wildman–Crippen LogP) is 1.88. The van der Waals surface area contributed by atoms with E-state index in [0.29, 0.717) is 25.0 Å². The molecule has 1 N–H and O–H groups in total. The molecule has 0 amide bonds. The average Bonchev–Trinajstić information content (AvgIpc) is 2.94. The molecule has 0 bridgehead atoms. The van der Waals surface area contributed by atoms with Crippen LogP contribution >= 0.6 is 12.4 Å². The van der Waals surface area contributed by atoms with Gasteiger partial charge in [0.1, 0.15) is 0 Å². The second-order valence-electron chi connectivity index (χ2n) is 4.20. The van der Waals surface area contributed by atoms with Crippen LogP contribution in [0.15, 0.2) is 4.52 Å². The molecule has 0 spiro atoms. The summed E-state index contributed by atoms with van der Waals surface area (Å²) in [6, 6.07) is 0. The Labute approximate surface area is 108 Å². The molecule has 1 aliphatic carbocycles. The molecule has 6 heteroatoms. The highest BCUT2D eigenvalue weighted by Crippen LogP contribution is 2.32. The minimum atomic E-state index is 0. The van der Waals surface area contributed by atoms with Crippen LogP contribution in [0.25, 0.3) is 0 Å². The first kappa shape index (κ1) is 14.4. The summed E-state index contributed by atoms with van der Waals surface area (Å²) >= 11 is 0. The topological polar surface area (TPSA) is 60.2 Å². The van der Waals surface area contributed by atoms with E-state index < -0.39 is 0 Å². The summed E-state index contributed by atoms with van der Waals surface area (Å²) < 4.78 is 10.1. The molecule has 0 saturated heterocycles. The molecule has 17 heavy (non-hydrogen) atoms. The van der Waals surface area contributed by atoms with Crippen molar-refractivity contribution in [2.75, 3.05) is 20.3 Å². The molecule has 1 aromatic rings. The fourth-order valence-electron chi connectivity index (χ4n) is 2.06. The first-order valence-corrected chi connectivity index (χ1v) is 5.92. The number of methoxy groups -OCH3 is 1. The molecular weight excluding hydrogens is 242 g/mol. The third kappa shape index (κ3) is 4.26.